The zero-order chi connectivity index (χ0) is 14.3. The first-order valence-corrected chi connectivity index (χ1v) is 9.15. The number of hydrogen-bond acceptors (Lipinski definition) is 6. The number of thioether (sulfide) groups is 1. The topological polar surface area (TPSA) is 72.6 Å². The molecule has 2 aliphatic heterocycles. The Morgan fingerprint density at radius 1 is 1.40 bits per heavy atom. The molecule has 2 saturated heterocycles. The van der Waals surface area contributed by atoms with E-state index < -0.39 is 10.0 Å². The highest BCUT2D eigenvalue weighted by Gasteiger charge is 2.42. The van der Waals surface area contributed by atoms with E-state index in [4.69, 9.17) is 9.26 Å². The summed E-state index contributed by atoms with van der Waals surface area (Å²) < 4.78 is 38.0. The molecule has 0 unspecified atom stereocenters. The zero-order valence-electron chi connectivity index (χ0n) is 11.5. The second-order valence-corrected chi connectivity index (χ2v) is 8.28. The van der Waals surface area contributed by atoms with Crippen LogP contribution in [0.4, 0.5) is 0 Å². The molecule has 0 bridgehead atoms. The molecule has 2 fully saturated rings. The predicted molar refractivity (Wildman–Crippen MR) is 75.3 cm³/mol. The summed E-state index contributed by atoms with van der Waals surface area (Å²) in [4.78, 5) is 0.231. The lowest BCUT2D eigenvalue weighted by Crippen LogP contribution is -2.54. The van der Waals surface area contributed by atoms with Crippen LogP contribution in [0.15, 0.2) is 9.42 Å². The van der Waals surface area contributed by atoms with Gasteiger partial charge in [0.2, 0.25) is 10.0 Å². The minimum atomic E-state index is -3.54. The van der Waals surface area contributed by atoms with E-state index in [1.165, 1.54) is 0 Å². The van der Waals surface area contributed by atoms with Gasteiger partial charge in [-0.15, -0.1) is 0 Å². The molecular formula is C12H18N2O4S2. The van der Waals surface area contributed by atoms with Crippen LogP contribution in [0.25, 0.3) is 0 Å². The van der Waals surface area contributed by atoms with Gasteiger partial charge in [-0.05, 0) is 20.3 Å². The molecule has 3 heterocycles. The second kappa shape index (κ2) is 5.32. The Morgan fingerprint density at radius 3 is 2.90 bits per heavy atom. The Morgan fingerprint density at radius 2 is 2.20 bits per heavy atom. The van der Waals surface area contributed by atoms with Crippen LogP contribution in [0.2, 0.25) is 0 Å². The number of fused-ring (bicyclic) bond motifs is 1. The number of aromatic nitrogens is 1. The minimum absolute atomic E-state index is 0.0150. The third-order valence-corrected chi connectivity index (χ3v) is 7.28. The lowest BCUT2D eigenvalue weighted by Gasteiger charge is -2.42. The van der Waals surface area contributed by atoms with Gasteiger partial charge < -0.3 is 9.26 Å². The smallest absolute Gasteiger partial charge is 0.248 e. The molecule has 0 aliphatic carbocycles. The third kappa shape index (κ3) is 2.28. The largest absolute Gasteiger partial charge is 0.380 e. The van der Waals surface area contributed by atoms with Crippen molar-refractivity contribution >= 4 is 21.8 Å². The minimum Gasteiger partial charge on any atom is -0.380 e. The first-order valence-electron chi connectivity index (χ1n) is 6.66. The van der Waals surface area contributed by atoms with Crippen molar-refractivity contribution < 1.29 is 17.7 Å². The Balaban J connectivity index is 1.98. The van der Waals surface area contributed by atoms with Crippen molar-refractivity contribution in [1.29, 1.82) is 0 Å². The van der Waals surface area contributed by atoms with Crippen LogP contribution in [0.5, 0.6) is 0 Å². The van der Waals surface area contributed by atoms with Gasteiger partial charge in [-0.1, -0.05) is 5.16 Å². The molecule has 0 amide bonds. The lowest BCUT2D eigenvalue weighted by atomic mass is 10.1. The van der Waals surface area contributed by atoms with Crippen molar-refractivity contribution in [2.24, 2.45) is 0 Å². The van der Waals surface area contributed by atoms with Crippen molar-refractivity contribution in [3.63, 3.8) is 0 Å². The summed E-state index contributed by atoms with van der Waals surface area (Å²) in [7, 11) is -3.54. The fourth-order valence-electron chi connectivity index (χ4n) is 2.91. The van der Waals surface area contributed by atoms with E-state index in [2.05, 4.69) is 5.16 Å². The molecular weight excluding hydrogens is 300 g/mol. The van der Waals surface area contributed by atoms with Crippen LogP contribution in [-0.4, -0.2) is 54.7 Å². The molecule has 6 nitrogen and oxygen atoms in total. The summed E-state index contributed by atoms with van der Waals surface area (Å²) in [6.07, 6.45) is 0.750. The lowest BCUT2D eigenvalue weighted by molar-refractivity contribution is 0.0625. The van der Waals surface area contributed by atoms with Crippen molar-refractivity contribution in [3.8, 4) is 0 Å². The Bertz CT molecular complexity index is 577. The highest BCUT2D eigenvalue weighted by molar-refractivity contribution is 8.00. The van der Waals surface area contributed by atoms with Crippen LogP contribution in [0.3, 0.4) is 0 Å². The SMILES string of the molecule is Cc1noc(C)c1S(=O)(=O)N1CCS[C@@H]2COCC[C@H]21. The number of aryl methyl sites for hydroxylation is 2. The highest BCUT2D eigenvalue weighted by atomic mass is 32.2. The number of nitrogens with zero attached hydrogens (tertiary/aromatic N) is 2. The Labute approximate surface area is 122 Å². The van der Waals surface area contributed by atoms with Crippen molar-refractivity contribution in [1.82, 2.24) is 9.46 Å². The van der Waals surface area contributed by atoms with E-state index in [0.717, 1.165) is 12.2 Å². The monoisotopic (exact) mass is 318 g/mol. The maximum absolute atomic E-state index is 12.9. The van der Waals surface area contributed by atoms with E-state index >= 15 is 0 Å². The van der Waals surface area contributed by atoms with Gasteiger partial charge in [0.1, 0.15) is 10.6 Å². The molecule has 3 rings (SSSR count). The summed E-state index contributed by atoms with van der Waals surface area (Å²) in [5.74, 6) is 1.16. The summed E-state index contributed by atoms with van der Waals surface area (Å²) in [6, 6.07) is 0.0150. The summed E-state index contributed by atoms with van der Waals surface area (Å²) in [5.41, 5.74) is 0.435. The predicted octanol–water partition coefficient (Wildman–Crippen LogP) is 1.19. The van der Waals surface area contributed by atoms with Gasteiger partial charge in [0, 0.05) is 30.2 Å². The second-order valence-electron chi connectivity index (χ2n) is 5.11. The molecule has 1 aromatic heterocycles. The molecule has 112 valence electrons. The van der Waals surface area contributed by atoms with Gasteiger partial charge in [0.15, 0.2) is 5.76 Å². The molecule has 0 spiro atoms. The molecule has 0 radical (unpaired) electrons. The molecule has 1 aromatic rings. The highest BCUT2D eigenvalue weighted by Crippen LogP contribution is 2.35. The molecule has 0 N–H and O–H groups in total. The van der Waals surface area contributed by atoms with Crippen LogP contribution < -0.4 is 0 Å². The van der Waals surface area contributed by atoms with Crippen LogP contribution in [0.1, 0.15) is 17.9 Å². The van der Waals surface area contributed by atoms with Gasteiger partial charge >= 0.3 is 0 Å². The van der Waals surface area contributed by atoms with Gasteiger partial charge in [-0.2, -0.15) is 16.1 Å². The molecule has 8 heteroatoms. The van der Waals surface area contributed by atoms with E-state index in [1.54, 1.807) is 29.9 Å². The quantitative estimate of drug-likeness (QED) is 0.815. The Hall–Kier alpha value is -0.570. The van der Waals surface area contributed by atoms with Crippen molar-refractivity contribution in [3.05, 3.63) is 11.5 Å². The van der Waals surface area contributed by atoms with Crippen molar-refractivity contribution in [2.75, 3.05) is 25.5 Å². The standard InChI is InChI=1S/C12H18N2O4S2/c1-8-12(9(2)18-13-8)20(15,16)14-4-6-19-11-7-17-5-3-10(11)14/h10-11H,3-7H2,1-2H3/t10-,11-/m1/s1. The van der Waals surface area contributed by atoms with Crippen LogP contribution in [0, 0.1) is 13.8 Å². The average Bonchev–Trinajstić information content (AvgIpc) is 2.78. The maximum atomic E-state index is 12.9. The van der Waals surface area contributed by atoms with E-state index in [-0.39, 0.29) is 16.2 Å². The summed E-state index contributed by atoms with van der Waals surface area (Å²) >= 11 is 1.80. The fraction of sp³-hybridized carbons (Fsp3) is 0.750. The summed E-state index contributed by atoms with van der Waals surface area (Å²) in [6.45, 7) is 5.10. The van der Waals surface area contributed by atoms with Gasteiger partial charge in [0.25, 0.3) is 0 Å². The molecule has 2 atom stereocenters. The van der Waals surface area contributed by atoms with Gasteiger partial charge in [-0.25, -0.2) is 8.42 Å². The third-order valence-electron chi connectivity index (χ3n) is 3.82. The number of sulfonamides is 1. The van der Waals surface area contributed by atoms with Crippen LogP contribution in [-0.2, 0) is 14.8 Å². The normalized spacial score (nSPS) is 28.3. The van der Waals surface area contributed by atoms with Crippen molar-refractivity contribution in [2.45, 2.75) is 36.5 Å². The first kappa shape index (κ1) is 14.4. The molecule has 0 aromatic carbocycles. The van der Waals surface area contributed by atoms with E-state index in [0.29, 0.717) is 31.2 Å². The molecule has 2 aliphatic rings. The van der Waals surface area contributed by atoms with E-state index in [1.807, 2.05) is 0 Å². The van der Waals surface area contributed by atoms with Gasteiger partial charge in [0.05, 0.1) is 6.61 Å². The average molecular weight is 318 g/mol. The molecule has 0 saturated carbocycles. The zero-order valence-corrected chi connectivity index (χ0v) is 13.2. The van der Waals surface area contributed by atoms with E-state index in [9.17, 15) is 8.42 Å². The molecule has 20 heavy (non-hydrogen) atoms. The maximum Gasteiger partial charge on any atom is 0.248 e. The number of hydrogen-bond donors (Lipinski definition) is 0. The number of rotatable bonds is 2. The fourth-order valence-corrected chi connectivity index (χ4v) is 6.39. The number of ether oxygens (including phenoxy) is 1. The Kier molecular flexibility index (Phi) is 3.83. The first-order chi connectivity index (χ1) is 9.51. The van der Waals surface area contributed by atoms with Gasteiger partial charge in [-0.3, -0.25) is 0 Å². The van der Waals surface area contributed by atoms with Crippen LogP contribution >= 0.6 is 11.8 Å². The summed E-state index contributed by atoms with van der Waals surface area (Å²) in [5, 5.41) is 4.00.